The topological polar surface area (TPSA) is 94.1 Å². The molecule has 3 heterocycles. The summed E-state index contributed by atoms with van der Waals surface area (Å²) in [5.41, 5.74) is 0.812. The molecule has 0 aliphatic carbocycles. The number of nitrogens with zero attached hydrogens (tertiary/aromatic N) is 2. The zero-order valence-electron chi connectivity index (χ0n) is 12.6. The van der Waals surface area contributed by atoms with Gasteiger partial charge in [0.15, 0.2) is 24.8 Å². The van der Waals surface area contributed by atoms with E-state index in [2.05, 4.69) is 9.97 Å². The second kappa shape index (κ2) is 6.53. The van der Waals surface area contributed by atoms with E-state index in [4.69, 9.17) is 0 Å². The van der Waals surface area contributed by atoms with Crippen LogP contribution < -0.4 is 0 Å². The SMILES string of the molecule is Cc1cc(S[C@@H]2CCS(=O)(=O)C2)nc(S[C@@H]2CCS(=O)(=O)C2)n1. The highest BCUT2D eigenvalue weighted by atomic mass is 32.2. The fourth-order valence-electron chi connectivity index (χ4n) is 2.65. The minimum Gasteiger partial charge on any atom is -0.229 e. The van der Waals surface area contributed by atoms with E-state index < -0.39 is 19.7 Å². The second-order valence-corrected chi connectivity index (χ2v) is 13.0. The molecule has 1 aromatic heterocycles. The van der Waals surface area contributed by atoms with Gasteiger partial charge in [0, 0.05) is 16.2 Å². The first-order chi connectivity index (χ1) is 10.7. The second-order valence-electron chi connectivity index (χ2n) is 5.92. The van der Waals surface area contributed by atoms with Crippen molar-refractivity contribution in [2.45, 2.75) is 40.4 Å². The molecule has 0 radical (unpaired) electrons. The average Bonchev–Trinajstić information content (AvgIpc) is 2.91. The molecule has 10 heteroatoms. The molecule has 0 amide bonds. The van der Waals surface area contributed by atoms with Gasteiger partial charge in [-0.05, 0) is 25.8 Å². The van der Waals surface area contributed by atoms with Gasteiger partial charge in [0.25, 0.3) is 0 Å². The molecule has 0 saturated carbocycles. The summed E-state index contributed by atoms with van der Waals surface area (Å²) in [5, 5.41) is 1.39. The molecule has 0 aromatic carbocycles. The van der Waals surface area contributed by atoms with Gasteiger partial charge in [0.1, 0.15) is 5.03 Å². The highest BCUT2D eigenvalue weighted by Crippen LogP contribution is 2.33. The van der Waals surface area contributed by atoms with Gasteiger partial charge in [0.05, 0.1) is 23.0 Å². The maximum absolute atomic E-state index is 11.5. The summed E-state index contributed by atoms with van der Waals surface area (Å²) >= 11 is 2.88. The van der Waals surface area contributed by atoms with Crippen LogP contribution >= 0.6 is 23.5 Å². The number of aryl methyl sites for hydroxylation is 1. The van der Waals surface area contributed by atoms with Crippen molar-refractivity contribution >= 4 is 43.2 Å². The number of thioether (sulfide) groups is 2. The fourth-order valence-corrected chi connectivity index (χ4v) is 9.72. The van der Waals surface area contributed by atoms with Crippen molar-refractivity contribution in [3.05, 3.63) is 11.8 Å². The molecule has 0 N–H and O–H groups in total. The van der Waals surface area contributed by atoms with Crippen LogP contribution in [0.25, 0.3) is 0 Å². The largest absolute Gasteiger partial charge is 0.229 e. The molecule has 1 aromatic rings. The molecule has 0 unspecified atom stereocenters. The molecular formula is C13H18N2O4S4. The summed E-state index contributed by atoms with van der Waals surface area (Å²) in [5.74, 6) is 0.858. The van der Waals surface area contributed by atoms with Crippen molar-refractivity contribution in [3.63, 3.8) is 0 Å². The van der Waals surface area contributed by atoms with Gasteiger partial charge in [-0.15, -0.1) is 11.8 Å². The number of sulfone groups is 2. The monoisotopic (exact) mass is 394 g/mol. The molecule has 23 heavy (non-hydrogen) atoms. The van der Waals surface area contributed by atoms with Crippen LogP contribution in [0.1, 0.15) is 18.5 Å². The van der Waals surface area contributed by atoms with Gasteiger partial charge in [-0.1, -0.05) is 11.8 Å². The summed E-state index contributed by atoms with van der Waals surface area (Å²) in [6, 6.07) is 1.85. The van der Waals surface area contributed by atoms with Gasteiger partial charge in [-0.2, -0.15) is 0 Å². The highest BCUT2D eigenvalue weighted by Gasteiger charge is 2.31. The lowest BCUT2D eigenvalue weighted by molar-refractivity contribution is 0.600. The zero-order chi connectivity index (χ0) is 16.7. The Kier molecular flexibility index (Phi) is 4.97. The lowest BCUT2D eigenvalue weighted by Crippen LogP contribution is -2.08. The summed E-state index contributed by atoms with van der Waals surface area (Å²) in [6.45, 7) is 1.87. The Balaban J connectivity index is 1.70. The standard InChI is InChI=1S/C13H18N2O4S4/c1-9-6-12(20-10-2-4-22(16,17)7-10)15-13(14-9)21-11-3-5-23(18,19)8-11/h6,10-11H,2-5,7-8H2,1H3/t10-,11-/m1/s1. The van der Waals surface area contributed by atoms with E-state index >= 15 is 0 Å². The van der Waals surface area contributed by atoms with Crippen LogP contribution in [0.15, 0.2) is 16.2 Å². The predicted octanol–water partition coefficient (Wildman–Crippen LogP) is 1.34. The van der Waals surface area contributed by atoms with Crippen LogP contribution in [0.4, 0.5) is 0 Å². The number of hydrogen-bond acceptors (Lipinski definition) is 8. The van der Waals surface area contributed by atoms with E-state index in [1.165, 1.54) is 23.5 Å². The Morgan fingerprint density at radius 3 is 2.04 bits per heavy atom. The van der Waals surface area contributed by atoms with Crippen molar-refractivity contribution in [1.29, 1.82) is 0 Å². The Bertz CT molecular complexity index is 743. The van der Waals surface area contributed by atoms with Gasteiger partial charge in [-0.3, -0.25) is 0 Å². The van der Waals surface area contributed by atoms with Gasteiger partial charge in [0.2, 0.25) is 0 Å². The molecule has 2 fully saturated rings. The fraction of sp³-hybridized carbons (Fsp3) is 0.692. The van der Waals surface area contributed by atoms with Crippen LogP contribution in [-0.4, -0.2) is 60.3 Å². The van der Waals surface area contributed by atoms with Crippen LogP contribution in [-0.2, 0) is 19.7 Å². The molecule has 6 nitrogen and oxygen atoms in total. The average molecular weight is 395 g/mol. The Morgan fingerprint density at radius 2 is 1.52 bits per heavy atom. The molecule has 2 saturated heterocycles. The Labute approximate surface area is 145 Å². The van der Waals surface area contributed by atoms with Gasteiger partial charge in [-0.25, -0.2) is 26.8 Å². The van der Waals surface area contributed by atoms with E-state index in [9.17, 15) is 16.8 Å². The van der Waals surface area contributed by atoms with Crippen molar-refractivity contribution in [3.8, 4) is 0 Å². The predicted molar refractivity (Wildman–Crippen MR) is 92.6 cm³/mol. The Hall–Kier alpha value is -0.320. The van der Waals surface area contributed by atoms with Crippen LogP contribution in [0.3, 0.4) is 0 Å². The third-order valence-corrected chi connectivity index (χ3v) is 10.0. The zero-order valence-corrected chi connectivity index (χ0v) is 15.9. The minimum atomic E-state index is -2.92. The lowest BCUT2D eigenvalue weighted by Gasteiger charge is -2.10. The number of rotatable bonds is 4. The van der Waals surface area contributed by atoms with Gasteiger partial charge >= 0.3 is 0 Å². The first kappa shape index (κ1) is 17.5. The normalized spacial score (nSPS) is 28.9. The van der Waals surface area contributed by atoms with E-state index in [0.29, 0.717) is 18.0 Å². The molecule has 2 aliphatic heterocycles. The minimum absolute atomic E-state index is 0.00603. The third kappa shape index (κ3) is 4.83. The van der Waals surface area contributed by atoms with Gasteiger partial charge < -0.3 is 0 Å². The summed E-state index contributed by atoms with van der Waals surface area (Å²) in [7, 11) is -5.82. The summed E-state index contributed by atoms with van der Waals surface area (Å²) in [4.78, 5) is 8.85. The molecule has 0 spiro atoms. The van der Waals surface area contributed by atoms with E-state index in [1.54, 1.807) is 0 Å². The van der Waals surface area contributed by atoms with Crippen molar-refractivity contribution in [1.82, 2.24) is 9.97 Å². The van der Waals surface area contributed by atoms with E-state index in [-0.39, 0.29) is 33.5 Å². The smallest absolute Gasteiger partial charge is 0.189 e. The number of hydrogen-bond donors (Lipinski definition) is 0. The first-order valence-electron chi connectivity index (χ1n) is 7.31. The molecule has 3 rings (SSSR count). The molecule has 2 aliphatic rings. The van der Waals surface area contributed by atoms with Crippen molar-refractivity contribution in [2.24, 2.45) is 0 Å². The van der Waals surface area contributed by atoms with Crippen LogP contribution in [0.2, 0.25) is 0 Å². The lowest BCUT2D eigenvalue weighted by atomic mass is 10.4. The number of aromatic nitrogens is 2. The van der Waals surface area contributed by atoms with E-state index in [0.717, 1.165) is 10.7 Å². The third-order valence-electron chi connectivity index (χ3n) is 3.75. The maximum atomic E-state index is 11.5. The first-order valence-corrected chi connectivity index (χ1v) is 12.7. The van der Waals surface area contributed by atoms with Crippen LogP contribution in [0, 0.1) is 6.92 Å². The van der Waals surface area contributed by atoms with Crippen molar-refractivity contribution < 1.29 is 16.8 Å². The maximum Gasteiger partial charge on any atom is 0.189 e. The summed E-state index contributed by atoms with van der Waals surface area (Å²) in [6.07, 6.45) is 1.28. The molecule has 0 bridgehead atoms. The summed E-state index contributed by atoms with van der Waals surface area (Å²) < 4.78 is 46.2. The highest BCUT2D eigenvalue weighted by molar-refractivity contribution is 8.02. The Morgan fingerprint density at radius 1 is 0.957 bits per heavy atom. The molecule has 2 atom stereocenters. The van der Waals surface area contributed by atoms with Crippen LogP contribution in [0.5, 0.6) is 0 Å². The molecule has 128 valence electrons. The van der Waals surface area contributed by atoms with Crippen molar-refractivity contribution in [2.75, 3.05) is 23.0 Å². The molecular weight excluding hydrogens is 376 g/mol. The van der Waals surface area contributed by atoms with E-state index in [1.807, 2.05) is 13.0 Å². The quantitative estimate of drug-likeness (QED) is 0.558.